The topological polar surface area (TPSA) is 106 Å². The van der Waals surface area contributed by atoms with Gasteiger partial charge in [-0.2, -0.15) is 4.39 Å². The number of anilines is 1. The summed E-state index contributed by atoms with van der Waals surface area (Å²) in [4.78, 5) is 16.2. The van der Waals surface area contributed by atoms with Gasteiger partial charge in [-0.1, -0.05) is 24.3 Å². The van der Waals surface area contributed by atoms with Crippen LogP contribution in [0, 0.1) is 5.95 Å². The second-order valence-electron chi connectivity index (χ2n) is 7.91. The first-order chi connectivity index (χ1) is 15.8. The molecule has 0 amide bonds. The number of fused-ring (bicyclic) bond motifs is 2. The number of hydrogen-bond donors (Lipinski definition) is 2. The first kappa shape index (κ1) is 23.9. The largest absolute Gasteiger partial charge is 0.420 e. The zero-order chi connectivity index (χ0) is 23.2. The average Bonchev–Trinajstić information content (AvgIpc) is 3.13. The van der Waals surface area contributed by atoms with Crippen LogP contribution in [0.1, 0.15) is 29.7 Å². The normalized spacial score (nSPS) is 14.3. The van der Waals surface area contributed by atoms with Crippen LogP contribution in [-0.2, 0) is 23.0 Å². The Labute approximate surface area is 201 Å². The summed E-state index contributed by atoms with van der Waals surface area (Å²) in [5.41, 5.74) is 4.06. The van der Waals surface area contributed by atoms with E-state index < -0.39 is 21.7 Å². The van der Waals surface area contributed by atoms with Crippen LogP contribution in [0.15, 0.2) is 68.7 Å². The van der Waals surface area contributed by atoms with Gasteiger partial charge in [0.2, 0.25) is 5.95 Å². The summed E-state index contributed by atoms with van der Waals surface area (Å²) >= 11 is 0. The number of nitrogens with zero attached hydrogens (tertiary/aromatic N) is 2. The third kappa shape index (κ3) is 4.31. The third-order valence-electron chi connectivity index (χ3n) is 5.87. The number of benzene rings is 2. The number of oxazole rings is 1. The zero-order valence-corrected chi connectivity index (χ0v) is 19.7. The number of rotatable bonds is 5. The molecule has 0 fully saturated rings. The molecule has 0 bridgehead atoms. The smallest absolute Gasteiger partial charge is 0.408 e. The minimum Gasteiger partial charge on any atom is -0.408 e. The zero-order valence-electron chi connectivity index (χ0n) is 18.1. The third-order valence-corrected chi connectivity index (χ3v) is 7.22. The summed E-state index contributed by atoms with van der Waals surface area (Å²) in [7, 11) is -4.07. The maximum absolute atomic E-state index is 13.3. The maximum atomic E-state index is 13.3. The van der Waals surface area contributed by atoms with E-state index in [-0.39, 0.29) is 34.7 Å². The van der Waals surface area contributed by atoms with Crippen molar-refractivity contribution in [1.29, 1.82) is 0 Å². The molecule has 1 atom stereocenters. The SMILES string of the molecule is C[C@H](c1cccc2c1CNCC2)n1c(=O)oc2cc(S(=O)(=O)Nc3cccc(F)n3)ccc21.Cl. The number of hydrogen-bond acceptors (Lipinski definition) is 6. The van der Waals surface area contributed by atoms with Crippen LogP contribution < -0.4 is 15.8 Å². The van der Waals surface area contributed by atoms with Crippen molar-refractivity contribution in [3.63, 3.8) is 0 Å². The lowest BCUT2D eigenvalue weighted by molar-refractivity contribution is 0.486. The lowest BCUT2D eigenvalue weighted by Crippen LogP contribution is -2.27. The van der Waals surface area contributed by atoms with E-state index in [2.05, 4.69) is 21.1 Å². The van der Waals surface area contributed by atoms with E-state index in [0.717, 1.165) is 31.1 Å². The van der Waals surface area contributed by atoms with E-state index >= 15 is 0 Å². The Bertz CT molecular complexity index is 1530. The fourth-order valence-electron chi connectivity index (χ4n) is 4.28. The number of nitrogens with one attached hydrogen (secondary N) is 2. The fraction of sp³-hybridized carbons (Fsp3) is 0.217. The van der Waals surface area contributed by atoms with Crippen molar-refractivity contribution < 1.29 is 17.2 Å². The van der Waals surface area contributed by atoms with Gasteiger partial charge >= 0.3 is 5.76 Å². The summed E-state index contributed by atoms with van der Waals surface area (Å²) in [6.45, 7) is 3.56. The average molecular weight is 505 g/mol. The molecule has 0 saturated heterocycles. The first-order valence-corrected chi connectivity index (χ1v) is 11.9. The highest BCUT2D eigenvalue weighted by Crippen LogP contribution is 2.29. The van der Waals surface area contributed by atoms with Gasteiger partial charge in [-0.25, -0.2) is 18.2 Å². The second kappa shape index (κ2) is 9.21. The summed E-state index contributed by atoms with van der Waals surface area (Å²) in [6, 6.07) is 13.8. The molecule has 0 unspecified atom stereocenters. The minimum atomic E-state index is -4.07. The standard InChI is InChI=1S/C23H21FN4O4S.ClH/c1-14(17-5-2-4-15-10-11-25-13-18(15)17)28-19-9-8-16(12-20(19)32-23(28)29)33(30,31)27-22-7-3-6-21(24)26-22;/h2-9,12,14,25H,10-11,13H2,1H3,(H,26,27);1H/t14-;/m1./s1. The van der Waals surface area contributed by atoms with Crippen molar-refractivity contribution in [2.75, 3.05) is 11.3 Å². The maximum Gasteiger partial charge on any atom is 0.420 e. The molecular formula is C23H22ClFN4O4S. The Balaban J connectivity index is 0.00000274. The van der Waals surface area contributed by atoms with Crippen molar-refractivity contribution in [2.45, 2.75) is 30.8 Å². The molecule has 1 aliphatic heterocycles. The second-order valence-corrected chi connectivity index (χ2v) is 9.59. The molecule has 2 N–H and O–H groups in total. The van der Waals surface area contributed by atoms with Crippen molar-refractivity contribution in [1.82, 2.24) is 14.9 Å². The van der Waals surface area contributed by atoms with E-state index in [4.69, 9.17) is 4.42 Å². The molecule has 11 heteroatoms. The lowest BCUT2D eigenvalue weighted by Gasteiger charge is -2.24. The highest BCUT2D eigenvalue weighted by Gasteiger charge is 2.23. The van der Waals surface area contributed by atoms with Gasteiger partial charge < -0.3 is 9.73 Å². The molecule has 178 valence electrons. The Morgan fingerprint density at radius 2 is 1.97 bits per heavy atom. The van der Waals surface area contributed by atoms with Gasteiger partial charge in [0.25, 0.3) is 10.0 Å². The van der Waals surface area contributed by atoms with Crippen molar-refractivity contribution in [3.8, 4) is 0 Å². The molecule has 4 aromatic rings. The molecule has 1 aliphatic rings. The number of halogens is 2. The van der Waals surface area contributed by atoms with Crippen LogP contribution in [-0.4, -0.2) is 24.5 Å². The Hall–Kier alpha value is -3.21. The predicted octanol–water partition coefficient (Wildman–Crippen LogP) is 3.61. The predicted molar refractivity (Wildman–Crippen MR) is 128 cm³/mol. The highest BCUT2D eigenvalue weighted by atomic mass is 35.5. The van der Waals surface area contributed by atoms with Crippen LogP contribution in [0.5, 0.6) is 0 Å². The van der Waals surface area contributed by atoms with Gasteiger partial charge in [-0.05, 0) is 60.8 Å². The molecule has 0 spiro atoms. The van der Waals surface area contributed by atoms with Gasteiger partial charge in [-0.3, -0.25) is 9.29 Å². The van der Waals surface area contributed by atoms with Gasteiger partial charge in [0.05, 0.1) is 16.5 Å². The van der Waals surface area contributed by atoms with Gasteiger partial charge in [-0.15, -0.1) is 12.4 Å². The molecule has 0 aliphatic carbocycles. The quantitative estimate of drug-likeness (QED) is 0.402. The Morgan fingerprint density at radius 3 is 2.76 bits per heavy atom. The first-order valence-electron chi connectivity index (χ1n) is 10.5. The number of sulfonamides is 1. The minimum absolute atomic E-state index is 0. The molecule has 3 heterocycles. The molecule has 8 nitrogen and oxygen atoms in total. The van der Waals surface area contributed by atoms with E-state index in [0.29, 0.717) is 5.52 Å². The van der Waals surface area contributed by atoms with Gasteiger partial charge in [0.1, 0.15) is 5.82 Å². The fourth-order valence-corrected chi connectivity index (χ4v) is 5.30. The molecule has 2 aromatic heterocycles. The molecule has 0 saturated carbocycles. The van der Waals surface area contributed by atoms with E-state index in [1.165, 1.54) is 46.0 Å². The van der Waals surface area contributed by atoms with E-state index in [1.54, 1.807) is 0 Å². The summed E-state index contributed by atoms with van der Waals surface area (Å²) in [5.74, 6) is -1.53. The van der Waals surface area contributed by atoms with Crippen LogP contribution in [0.4, 0.5) is 10.2 Å². The Morgan fingerprint density at radius 1 is 1.18 bits per heavy atom. The molecule has 5 rings (SSSR count). The summed E-state index contributed by atoms with van der Waals surface area (Å²) in [5, 5.41) is 3.37. The lowest BCUT2D eigenvalue weighted by atomic mass is 9.92. The molecule has 2 aromatic carbocycles. The monoisotopic (exact) mass is 504 g/mol. The van der Waals surface area contributed by atoms with Crippen molar-refractivity contribution in [3.05, 3.63) is 87.8 Å². The summed E-state index contributed by atoms with van der Waals surface area (Å²) in [6.07, 6.45) is 0.922. The van der Waals surface area contributed by atoms with Crippen molar-refractivity contribution >= 4 is 39.3 Å². The van der Waals surface area contributed by atoms with Crippen LogP contribution in [0.25, 0.3) is 11.1 Å². The van der Waals surface area contributed by atoms with Crippen LogP contribution in [0.2, 0.25) is 0 Å². The van der Waals surface area contributed by atoms with Gasteiger partial charge in [0.15, 0.2) is 5.58 Å². The molecular weight excluding hydrogens is 483 g/mol. The number of aromatic nitrogens is 2. The van der Waals surface area contributed by atoms with E-state index in [1.807, 2.05) is 19.1 Å². The van der Waals surface area contributed by atoms with Crippen LogP contribution >= 0.6 is 12.4 Å². The Kier molecular flexibility index (Phi) is 6.48. The summed E-state index contributed by atoms with van der Waals surface area (Å²) < 4.78 is 48.0. The molecule has 34 heavy (non-hydrogen) atoms. The highest BCUT2D eigenvalue weighted by molar-refractivity contribution is 7.92. The van der Waals surface area contributed by atoms with Crippen LogP contribution in [0.3, 0.4) is 0 Å². The van der Waals surface area contributed by atoms with E-state index in [9.17, 15) is 17.6 Å². The van der Waals surface area contributed by atoms with Crippen molar-refractivity contribution in [2.24, 2.45) is 0 Å². The number of pyridine rings is 1. The molecule has 0 radical (unpaired) electrons. The van der Waals surface area contributed by atoms with Gasteiger partial charge in [0, 0.05) is 12.6 Å².